The van der Waals surface area contributed by atoms with Crippen molar-refractivity contribution < 1.29 is 13.9 Å². The molecule has 0 spiro atoms. The number of hydrogen-bond acceptors (Lipinski definition) is 4. The highest BCUT2D eigenvalue weighted by Crippen LogP contribution is 2.35. The fourth-order valence-corrected chi connectivity index (χ4v) is 3.20. The lowest BCUT2D eigenvalue weighted by Crippen LogP contribution is -2.37. The van der Waals surface area contributed by atoms with E-state index in [2.05, 4.69) is 17.3 Å². The fraction of sp³-hybridized carbons (Fsp3) is 0.529. The van der Waals surface area contributed by atoms with Crippen LogP contribution in [0.1, 0.15) is 42.1 Å². The van der Waals surface area contributed by atoms with Crippen molar-refractivity contribution in [2.45, 2.75) is 45.0 Å². The average molecular weight is 334 g/mol. The van der Waals surface area contributed by atoms with Gasteiger partial charge in [-0.05, 0) is 45.2 Å². The minimum Gasteiger partial charge on any atom is -0.473 e. The highest BCUT2D eigenvalue weighted by Gasteiger charge is 2.33. The Kier molecular flexibility index (Phi) is 4.71. The van der Waals surface area contributed by atoms with Gasteiger partial charge in [0.2, 0.25) is 5.88 Å². The zero-order valence-corrected chi connectivity index (χ0v) is 14.0. The summed E-state index contributed by atoms with van der Waals surface area (Å²) in [7, 11) is 1.96. The van der Waals surface area contributed by atoms with Crippen molar-refractivity contribution in [1.29, 1.82) is 0 Å². The molecule has 1 aliphatic rings. The van der Waals surface area contributed by atoms with E-state index in [4.69, 9.17) is 10.5 Å². The lowest BCUT2D eigenvalue weighted by Gasteiger charge is -2.36. The molecule has 1 aliphatic carbocycles. The molecule has 0 aliphatic heterocycles. The van der Waals surface area contributed by atoms with E-state index in [1.165, 1.54) is 4.52 Å². The standard InChI is InChI=1S/C17H23FN4O2/c1-10(20-2)5-12-6-13(7-12)24-17-15(16(19)23)14-4-3-11(8-18)9-22(14)21-17/h3-4,9-10,12-13,20H,5-8H2,1-2H3,(H2,19,23)/t10-,12?,13?/m0/s1. The van der Waals surface area contributed by atoms with E-state index in [9.17, 15) is 9.18 Å². The van der Waals surface area contributed by atoms with Gasteiger partial charge in [0, 0.05) is 17.8 Å². The largest absolute Gasteiger partial charge is 0.473 e. The number of ether oxygens (including phenoxy) is 1. The number of carbonyl (C=O) groups is 1. The molecule has 24 heavy (non-hydrogen) atoms. The van der Waals surface area contributed by atoms with E-state index < -0.39 is 12.6 Å². The van der Waals surface area contributed by atoms with Gasteiger partial charge in [0.25, 0.3) is 5.91 Å². The second kappa shape index (κ2) is 6.76. The van der Waals surface area contributed by atoms with Gasteiger partial charge in [-0.15, -0.1) is 5.10 Å². The molecule has 2 aromatic rings. The first-order valence-corrected chi connectivity index (χ1v) is 8.22. The molecule has 6 nitrogen and oxygen atoms in total. The van der Waals surface area contributed by atoms with Crippen LogP contribution in [0.15, 0.2) is 18.3 Å². The smallest absolute Gasteiger partial charge is 0.256 e. The number of nitrogens with zero attached hydrogens (tertiary/aromatic N) is 2. The Labute approximate surface area is 140 Å². The van der Waals surface area contributed by atoms with Gasteiger partial charge in [0.05, 0.1) is 5.52 Å². The van der Waals surface area contributed by atoms with Crippen LogP contribution in [0.4, 0.5) is 4.39 Å². The van der Waals surface area contributed by atoms with Gasteiger partial charge >= 0.3 is 0 Å². The van der Waals surface area contributed by atoms with Crippen LogP contribution in [-0.2, 0) is 6.67 Å². The third-order valence-electron chi connectivity index (χ3n) is 4.71. The zero-order valence-electron chi connectivity index (χ0n) is 14.0. The number of carbonyl (C=O) groups excluding carboxylic acids is 1. The van der Waals surface area contributed by atoms with Crippen molar-refractivity contribution in [3.05, 3.63) is 29.5 Å². The second-order valence-electron chi connectivity index (χ2n) is 6.55. The zero-order chi connectivity index (χ0) is 17.3. The van der Waals surface area contributed by atoms with Gasteiger partial charge in [-0.3, -0.25) is 4.79 Å². The Morgan fingerprint density at radius 2 is 2.29 bits per heavy atom. The number of pyridine rings is 1. The first-order valence-electron chi connectivity index (χ1n) is 8.22. The van der Waals surface area contributed by atoms with Gasteiger partial charge in [-0.25, -0.2) is 8.91 Å². The SMILES string of the molecule is CN[C@@H](C)CC1CC(Oc2nn3cc(CF)ccc3c2C(N)=O)C1. The van der Waals surface area contributed by atoms with E-state index in [-0.39, 0.29) is 17.5 Å². The molecule has 1 fully saturated rings. The molecule has 0 aromatic carbocycles. The summed E-state index contributed by atoms with van der Waals surface area (Å²) in [6, 6.07) is 3.74. The quantitative estimate of drug-likeness (QED) is 0.812. The molecular weight excluding hydrogens is 311 g/mol. The highest BCUT2D eigenvalue weighted by atomic mass is 19.1. The molecule has 1 saturated carbocycles. The summed E-state index contributed by atoms with van der Waals surface area (Å²) >= 11 is 0. The van der Waals surface area contributed by atoms with Crippen molar-refractivity contribution in [2.24, 2.45) is 11.7 Å². The lowest BCUT2D eigenvalue weighted by molar-refractivity contribution is 0.0516. The molecular formula is C17H23FN4O2. The van der Waals surface area contributed by atoms with Crippen LogP contribution in [-0.4, -0.2) is 34.7 Å². The lowest BCUT2D eigenvalue weighted by atomic mass is 9.78. The summed E-state index contributed by atoms with van der Waals surface area (Å²) in [5.41, 5.74) is 6.76. The van der Waals surface area contributed by atoms with Gasteiger partial charge < -0.3 is 15.8 Å². The van der Waals surface area contributed by atoms with Crippen LogP contribution in [0.2, 0.25) is 0 Å². The molecule has 130 valence electrons. The van der Waals surface area contributed by atoms with Crippen molar-refractivity contribution in [1.82, 2.24) is 14.9 Å². The van der Waals surface area contributed by atoms with Crippen LogP contribution in [0.3, 0.4) is 0 Å². The maximum absolute atomic E-state index is 12.8. The Morgan fingerprint density at radius 1 is 1.54 bits per heavy atom. The average Bonchev–Trinajstić information content (AvgIpc) is 2.89. The summed E-state index contributed by atoms with van der Waals surface area (Å²) in [5, 5.41) is 7.51. The van der Waals surface area contributed by atoms with Crippen LogP contribution < -0.4 is 15.8 Å². The second-order valence-corrected chi connectivity index (χ2v) is 6.55. The molecule has 2 aromatic heterocycles. The molecule has 1 atom stereocenters. The predicted molar refractivity (Wildman–Crippen MR) is 88.8 cm³/mol. The van der Waals surface area contributed by atoms with Gasteiger partial charge in [-0.1, -0.05) is 6.07 Å². The number of halogens is 1. The number of nitrogens with one attached hydrogen (secondary N) is 1. The molecule has 0 unspecified atom stereocenters. The summed E-state index contributed by atoms with van der Waals surface area (Å²) < 4.78 is 20.2. The number of hydrogen-bond donors (Lipinski definition) is 2. The van der Waals surface area contributed by atoms with Crippen molar-refractivity contribution in [3.8, 4) is 5.88 Å². The van der Waals surface area contributed by atoms with Gasteiger partial charge in [0.1, 0.15) is 18.3 Å². The monoisotopic (exact) mass is 334 g/mol. The van der Waals surface area contributed by atoms with Crippen LogP contribution in [0.5, 0.6) is 5.88 Å². The summed E-state index contributed by atoms with van der Waals surface area (Å²) in [6.07, 6.45) is 4.57. The predicted octanol–water partition coefficient (Wildman–Crippen LogP) is 2.06. The van der Waals surface area contributed by atoms with E-state index in [1.54, 1.807) is 18.3 Å². The Balaban J connectivity index is 1.75. The number of aromatic nitrogens is 2. The molecule has 0 radical (unpaired) electrons. The molecule has 3 N–H and O–H groups in total. The van der Waals surface area contributed by atoms with E-state index in [0.29, 0.717) is 23.0 Å². The number of alkyl halides is 1. The number of amides is 1. The molecule has 3 rings (SSSR count). The Hall–Kier alpha value is -2.15. The van der Waals surface area contributed by atoms with Crippen molar-refractivity contribution in [3.63, 3.8) is 0 Å². The molecule has 2 heterocycles. The fourth-order valence-electron chi connectivity index (χ4n) is 3.20. The maximum Gasteiger partial charge on any atom is 0.256 e. The summed E-state index contributed by atoms with van der Waals surface area (Å²) in [6.45, 7) is 1.57. The number of rotatable bonds is 7. The maximum atomic E-state index is 12.8. The number of primary amides is 1. The highest BCUT2D eigenvalue weighted by molar-refractivity contribution is 6.02. The minimum atomic E-state index is -0.591. The number of nitrogens with two attached hydrogens (primary N) is 1. The first kappa shape index (κ1) is 16.7. The summed E-state index contributed by atoms with van der Waals surface area (Å²) in [4.78, 5) is 11.8. The van der Waals surface area contributed by atoms with E-state index in [0.717, 1.165) is 19.3 Å². The summed E-state index contributed by atoms with van der Waals surface area (Å²) in [5.74, 6) is 0.265. The molecule has 7 heteroatoms. The van der Waals surface area contributed by atoms with E-state index in [1.807, 2.05) is 7.05 Å². The van der Waals surface area contributed by atoms with E-state index >= 15 is 0 Å². The minimum absolute atomic E-state index is 0.0442. The molecule has 0 bridgehead atoms. The van der Waals surface area contributed by atoms with Crippen molar-refractivity contribution in [2.75, 3.05) is 7.05 Å². The normalized spacial score (nSPS) is 21.5. The van der Waals surface area contributed by atoms with Crippen molar-refractivity contribution >= 4 is 11.4 Å². The first-order chi connectivity index (χ1) is 11.5. The third kappa shape index (κ3) is 3.21. The molecule has 1 amide bonds. The van der Waals surface area contributed by atoms with Gasteiger partial charge in [-0.2, -0.15) is 0 Å². The number of fused-ring (bicyclic) bond motifs is 1. The van der Waals surface area contributed by atoms with Gasteiger partial charge in [0.15, 0.2) is 0 Å². The van der Waals surface area contributed by atoms with Crippen LogP contribution in [0, 0.1) is 5.92 Å². The topological polar surface area (TPSA) is 81.7 Å². The van der Waals surface area contributed by atoms with Crippen LogP contribution >= 0.6 is 0 Å². The Morgan fingerprint density at radius 3 is 2.92 bits per heavy atom. The molecule has 0 saturated heterocycles. The Bertz CT molecular complexity index is 740. The van der Waals surface area contributed by atoms with Crippen LogP contribution in [0.25, 0.3) is 5.52 Å². The third-order valence-corrected chi connectivity index (χ3v) is 4.71.